The SMILES string of the molecule is COc1cccc(Sc2c(O)c3c(=O)n(Cc4ccc(F)cc4)c4cc(Br)ccc4c3oc2=O)c1. The predicted molar refractivity (Wildman–Crippen MR) is 136 cm³/mol. The largest absolute Gasteiger partial charge is 0.505 e. The van der Waals surface area contributed by atoms with Crippen molar-refractivity contribution in [1.29, 1.82) is 0 Å². The fourth-order valence-electron chi connectivity index (χ4n) is 3.86. The van der Waals surface area contributed by atoms with E-state index in [9.17, 15) is 19.1 Å². The van der Waals surface area contributed by atoms with E-state index in [0.717, 1.165) is 11.8 Å². The molecule has 5 rings (SSSR count). The third-order valence-electron chi connectivity index (χ3n) is 5.53. The Morgan fingerprint density at radius 1 is 1.09 bits per heavy atom. The second kappa shape index (κ2) is 9.24. The van der Waals surface area contributed by atoms with Crippen molar-refractivity contribution in [2.45, 2.75) is 16.3 Å². The van der Waals surface area contributed by atoms with Crippen molar-refractivity contribution in [3.63, 3.8) is 0 Å². The Bertz CT molecular complexity index is 1710. The van der Waals surface area contributed by atoms with E-state index >= 15 is 0 Å². The first kappa shape index (κ1) is 23.2. The van der Waals surface area contributed by atoms with Crippen LogP contribution in [0.1, 0.15) is 5.56 Å². The summed E-state index contributed by atoms with van der Waals surface area (Å²) in [5.41, 5.74) is -0.106. The number of ether oxygens (including phenoxy) is 1. The molecule has 2 aromatic heterocycles. The minimum atomic E-state index is -0.761. The van der Waals surface area contributed by atoms with Gasteiger partial charge in [-0.3, -0.25) is 4.79 Å². The number of benzene rings is 3. The highest BCUT2D eigenvalue weighted by molar-refractivity contribution is 9.10. The minimum absolute atomic E-state index is 0.00495. The molecular weight excluding hydrogens is 537 g/mol. The molecule has 1 N–H and O–H groups in total. The number of halogens is 2. The summed E-state index contributed by atoms with van der Waals surface area (Å²) in [7, 11) is 1.53. The van der Waals surface area contributed by atoms with Crippen LogP contribution >= 0.6 is 27.7 Å². The summed E-state index contributed by atoms with van der Waals surface area (Å²) in [6.07, 6.45) is 0. The van der Waals surface area contributed by atoms with Gasteiger partial charge in [-0.15, -0.1) is 0 Å². The average molecular weight is 554 g/mol. The van der Waals surface area contributed by atoms with Gasteiger partial charge in [-0.05, 0) is 54.1 Å². The molecule has 9 heteroatoms. The molecule has 6 nitrogen and oxygen atoms in total. The lowest BCUT2D eigenvalue weighted by Gasteiger charge is -2.14. The summed E-state index contributed by atoms with van der Waals surface area (Å²) in [5, 5.41) is 11.5. The van der Waals surface area contributed by atoms with Gasteiger partial charge in [-0.25, -0.2) is 9.18 Å². The molecule has 0 spiro atoms. The Balaban J connectivity index is 1.77. The topological polar surface area (TPSA) is 81.7 Å². The van der Waals surface area contributed by atoms with Crippen LogP contribution in [-0.2, 0) is 6.54 Å². The number of hydrogen-bond acceptors (Lipinski definition) is 6. The van der Waals surface area contributed by atoms with E-state index in [4.69, 9.17) is 9.15 Å². The molecule has 35 heavy (non-hydrogen) atoms. The fourth-order valence-corrected chi connectivity index (χ4v) is 5.09. The van der Waals surface area contributed by atoms with E-state index in [2.05, 4.69) is 15.9 Å². The van der Waals surface area contributed by atoms with Gasteiger partial charge in [0.15, 0.2) is 11.3 Å². The first-order valence-corrected chi connectivity index (χ1v) is 12.0. The molecule has 5 aromatic rings. The molecule has 0 bridgehead atoms. The van der Waals surface area contributed by atoms with E-state index < -0.39 is 16.9 Å². The predicted octanol–water partition coefficient (Wildman–Crippen LogP) is 5.92. The summed E-state index contributed by atoms with van der Waals surface area (Å²) < 4.78 is 26.4. The van der Waals surface area contributed by atoms with E-state index in [0.29, 0.717) is 31.6 Å². The molecule has 0 amide bonds. The number of aromatic nitrogens is 1. The number of fused-ring (bicyclic) bond motifs is 3. The Morgan fingerprint density at radius 2 is 1.86 bits per heavy atom. The van der Waals surface area contributed by atoms with Crippen LogP contribution in [0.25, 0.3) is 21.9 Å². The smallest absolute Gasteiger partial charge is 0.354 e. The van der Waals surface area contributed by atoms with Crippen molar-refractivity contribution < 1.29 is 18.7 Å². The minimum Gasteiger partial charge on any atom is -0.505 e. The average Bonchev–Trinajstić information content (AvgIpc) is 2.85. The second-order valence-electron chi connectivity index (χ2n) is 7.73. The first-order valence-electron chi connectivity index (χ1n) is 10.4. The number of pyridine rings is 1. The molecule has 2 heterocycles. The molecule has 0 atom stereocenters. The number of nitrogens with zero attached hydrogens (tertiary/aromatic N) is 1. The number of rotatable bonds is 5. The van der Waals surface area contributed by atoms with E-state index in [1.807, 2.05) is 0 Å². The highest BCUT2D eigenvalue weighted by atomic mass is 79.9. The summed E-state index contributed by atoms with van der Waals surface area (Å²) in [6.45, 7) is 0.124. The van der Waals surface area contributed by atoms with Gasteiger partial charge in [0, 0.05) is 14.8 Å². The summed E-state index contributed by atoms with van der Waals surface area (Å²) in [6, 6.07) is 18.0. The maximum Gasteiger partial charge on any atom is 0.354 e. The van der Waals surface area contributed by atoms with Crippen LogP contribution in [-0.4, -0.2) is 16.8 Å². The molecule has 0 aliphatic rings. The zero-order valence-electron chi connectivity index (χ0n) is 18.2. The zero-order chi connectivity index (χ0) is 24.7. The van der Waals surface area contributed by atoms with Crippen molar-refractivity contribution in [3.05, 3.63) is 103 Å². The van der Waals surface area contributed by atoms with Gasteiger partial charge in [-0.2, -0.15) is 0 Å². The lowest BCUT2D eigenvalue weighted by atomic mass is 10.1. The van der Waals surface area contributed by atoms with Crippen LogP contribution in [0, 0.1) is 5.82 Å². The molecule has 0 radical (unpaired) electrons. The zero-order valence-corrected chi connectivity index (χ0v) is 20.7. The van der Waals surface area contributed by atoms with Crippen LogP contribution in [0.5, 0.6) is 11.5 Å². The van der Waals surface area contributed by atoms with Gasteiger partial charge in [0.2, 0.25) is 0 Å². The molecular formula is C26H17BrFNO5S. The van der Waals surface area contributed by atoms with Gasteiger partial charge < -0.3 is 18.8 Å². The first-order chi connectivity index (χ1) is 16.9. The Labute approximate surface area is 210 Å². The maximum atomic E-state index is 13.7. The molecule has 0 fully saturated rings. The Kier molecular flexibility index (Phi) is 6.12. The van der Waals surface area contributed by atoms with Crippen molar-refractivity contribution in [3.8, 4) is 11.5 Å². The van der Waals surface area contributed by atoms with E-state index in [-0.39, 0.29) is 28.2 Å². The molecule has 3 aromatic carbocycles. The van der Waals surface area contributed by atoms with Crippen molar-refractivity contribution >= 4 is 49.6 Å². The number of hydrogen-bond donors (Lipinski definition) is 1. The van der Waals surface area contributed by atoms with Crippen molar-refractivity contribution in [2.75, 3.05) is 7.11 Å². The van der Waals surface area contributed by atoms with Gasteiger partial charge >= 0.3 is 5.63 Å². The monoisotopic (exact) mass is 553 g/mol. The van der Waals surface area contributed by atoms with Crippen LogP contribution in [0.3, 0.4) is 0 Å². The van der Waals surface area contributed by atoms with Gasteiger partial charge in [0.05, 0.1) is 19.2 Å². The molecule has 176 valence electrons. The quantitative estimate of drug-likeness (QED) is 0.272. The Hall–Kier alpha value is -3.56. The van der Waals surface area contributed by atoms with Gasteiger partial charge in [0.1, 0.15) is 21.8 Å². The molecule has 0 saturated carbocycles. The lowest BCUT2D eigenvalue weighted by Crippen LogP contribution is -2.23. The van der Waals surface area contributed by atoms with Crippen molar-refractivity contribution in [2.24, 2.45) is 0 Å². The molecule has 0 aliphatic carbocycles. The summed E-state index contributed by atoms with van der Waals surface area (Å²) in [5.74, 6) is -0.254. The van der Waals surface area contributed by atoms with Crippen LogP contribution in [0.4, 0.5) is 4.39 Å². The number of methoxy groups -OCH3 is 1. The van der Waals surface area contributed by atoms with Crippen LogP contribution in [0.15, 0.2) is 95.0 Å². The van der Waals surface area contributed by atoms with Gasteiger partial charge in [0.25, 0.3) is 5.56 Å². The highest BCUT2D eigenvalue weighted by Crippen LogP contribution is 2.38. The molecule has 0 unspecified atom stereocenters. The standard InChI is InChI=1S/C26H17BrFNO5S/c1-33-17-3-2-4-18(12-17)35-24-22(30)21-23(34-26(24)32)19-10-7-15(27)11-20(19)29(25(21)31)13-14-5-8-16(28)9-6-14/h2-12,30H,13H2,1H3. The van der Waals surface area contributed by atoms with Crippen LogP contribution in [0.2, 0.25) is 0 Å². The molecule has 0 saturated heterocycles. The third-order valence-corrected chi connectivity index (χ3v) is 7.08. The lowest BCUT2D eigenvalue weighted by molar-refractivity contribution is 0.413. The van der Waals surface area contributed by atoms with E-state index in [1.165, 1.54) is 23.8 Å². The fraction of sp³-hybridized carbons (Fsp3) is 0.0769. The summed E-state index contributed by atoms with van der Waals surface area (Å²) in [4.78, 5) is 27.1. The summed E-state index contributed by atoms with van der Waals surface area (Å²) >= 11 is 4.40. The third kappa shape index (κ3) is 4.33. The Morgan fingerprint density at radius 3 is 2.60 bits per heavy atom. The molecule has 0 aliphatic heterocycles. The van der Waals surface area contributed by atoms with Crippen LogP contribution < -0.4 is 15.9 Å². The highest BCUT2D eigenvalue weighted by Gasteiger charge is 2.22. The maximum absolute atomic E-state index is 13.7. The van der Waals surface area contributed by atoms with Crippen molar-refractivity contribution in [1.82, 2.24) is 4.57 Å². The normalized spacial score (nSPS) is 11.3. The second-order valence-corrected chi connectivity index (χ2v) is 9.73. The van der Waals surface area contributed by atoms with Gasteiger partial charge in [-0.1, -0.05) is 45.9 Å². The number of aromatic hydroxyl groups is 1. The van der Waals surface area contributed by atoms with E-state index in [1.54, 1.807) is 54.6 Å².